The summed E-state index contributed by atoms with van der Waals surface area (Å²) in [5.41, 5.74) is 1.24. The summed E-state index contributed by atoms with van der Waals surface area (Å²) >= 11 is 12.4. The molecule has 0 bridgehead atoms. The van der Waals surface area contributed by atoms with Crippen molar-refractivity contribution >= 4 is 40.0 Å². The molecular formula is C15H13Cl2N3O. The smallest absolute Gasteiger partial charge is 0.268 e. The van der Waals surface area contributed by atoms with Crippen molar-refractivity contribution in [2.75, 3.05) is 0 Å². The van der Waals surface area contributed by atoms with E-state index in [1.165, 1.54) is 0 Å². The van der Waals surface area contributed by atoms with Crippen molar-refractivity contribution in [1.29, 1.82) is 5.26 Å². The molecule has 2 heterocycles. The summed E-state index contributed by atoms with van der Waals surface area (Å²) in [6.45, 7) is 3.69. The number of hydrogen-bond acceptors (Lipinski definition) is 2. The van der Waals surface area contributed by atoms with E-state index < -0.39 is 11.5 Å². The SMILES string of the molecule is Cn1c2c(c3ccc(Cl)c(Cl)c31)C(C#N)C(C)(C)NC2=O. The monoisotopic (exact) mass is 321 g/mol. The zero-order valence-electron chi connectivity index (χ0n) is 11.8. The Morgan fingerprint density at radius 2 is 2.05 bits per heavy atom. The Kier molecular flexibility index (Phi) is 2.98. The first-order valence-corrected chi connectivity index (χ1v) is 7.23. The molecular weight excluding hydrogens is 309 g/mol. The van der Waals surface area contributed by atoms with Crippen molar-refractivity contribution in [3.05, 3.63) is 33.4 Å². The molecule has 2 aromatic rings. The maximum atomic E-state index is 12.4. The number of benzene rings is 1. The Morgan fingerprint density at radius 1 is 1.38 bits per heavy atom. The number of halogens is 2. The predicted octanol–water partition coefficient (Wildman–Crippen LogP) is 3.61. The van der Waals surface area contributed by atoms with E-state index in [2.05, 4.69) is 11.4 Å². The van der Waals surface area contributed by atoms with Crippen LogP contribution in [0.1, 0.15) is 35.8 Å². The highest BCUT2D eigenvalue weighted by molar-refractivity contribution is 6.45. The molecule has 3 rings (SSSR count). The second-order valence-electron chi connectivity index (χ2n) is 5.82. The van der Waals surface area contributed by atoms with Gasteiger partial charge in [-0.25, -0.2) is 0 Å². The van der Waals surface area contributed by atoms with Crippen molar-refractivity contribution < 1.29 is 4.79 Å². The van der Waals surface area contributed by atoms with Crippen LogP contribution in [0.4, 0.5) is 0 Å². The number of carbonyl (C=O) groups is 1. The molecule has 0 aliphatic carbocycles. The maximum Gasteiger partial charge on any atom is 0.268 e. The zero-order chi connectivity index (χ0) is 15.5. The van der Waals surface area contributed by atoms with Crippen molar-refractivity contribution in [1.82, 2.24) is 9.88 Å². The fraction of sp³-hybridized carbons (Fsp3) is 0.333. The van der Waals surface area contributed by atoms with Crippen molar-refractivity contribution in [3.63, 3.8) is 0 Å². The Bertz CT molecular complexity index is 830. The van der Waals surface area contributed by atoms with Crippen LogP contribution in [0.3, 0.4) is 0 Å². The molecule has 21 heavy (non-hydrogen) atoms. The van der Waals surface area contributed by atoms with E-state index in [-0.39, 0.29) is 5.91 Å². The Labute approximate surface area is 132 Å². The summed E-state index contributed by atoms with van der Waals surface area (Å²) in [6.07, 6.45) is 0. The third-order valence-electron chi connectivity index (χ3n) is 4.08. The molecule has 1 aliphatic heterocycles. The quantitative estimate of drug-likeness (QED) is 0.805. The zero-order valence-corrected chi connectivity index (χ0v) is 13.3. The van der Waals surface area contributed by atoms with E-state index >= 15 is 0 Å². The van der Waals surface area contributed by atoms with Crippen molar-refractivity contribution in [2.45, 2.75) is 25.3 Å². The normalized spacial score (nSPS) is 20.0. The van der Waals surface area contributed by atoms with Crippen LogP contribution < -0.4 is 5.32 Å². The van der Waals surface area contributed by atoms with E-state index in [9.17, 15) is 10.1 Å². The number of nitriles is 1. The van der Waals surface area contributed by atoms with Gasteiger partial charge >= 0.3 is 0 Å². The van der Waals surface area contributed by atoms with Crippen LogP contribution in [0, 0.1) is 11.3 Å². The van der Waals surface area contributed by atoms with E-state index in [1.54, 1.807) is 17.7 Å². The van der Waals surface area contributed by atoms with E-state index in [0.717, 1.165) is 10.9 Å². The van der Waals surface area contributed by atoms with Gasteiger partial charge in [0.25, 0.3) is 5.91 Å². The standard InChI is InChI=1S/C15H13Cl2N3O/c1-15(2)8(6-18)10-7-4-5-9(16)11(17)12(7)20(3)13(10)14(21)19-15/h4-5,8H,1-3H3,(H,19,21). The molecule has 1 atom stereocenters. The molecule has 0 saturated carbocycles. The van der Waals surface area contributed by atoms with Crippen molar-refractivity contribution in [2.24, 2.45) is 7.05 Å². The summed E-state index contributed by atoms with van der Waals surface area (Å²) in [5, 5.41) is 14.1. The second kappa shape index (κ2) is 4.40. The van der Waals surface area contributed by atoms with Crippen LogP contribution in [0.5, 0.6) is 0 Å². The molecule has 0 saturated heterocycles. The summed E-state index contributed by atoms with van der Waals surface area (Å²) in [5.74, 6) is -0.654. The number of hydrogen-bond donors (Lipinski definition) is 1. The molecule has 1 amide bonds. The van der Waals surface area contributed by atoms with Crippen LogP contribution in [-0.2, 0) is 7.05 Å². The number of amides is 1. The lowest BCUT2D eigenvalue weighted by Crippen LogP contribution is -2.52. The summed E-state index contributed by atoms with van der Waals surface area (Å²) in [6, 6.07) is 5.82. The number of carbonyl (C=O) groups excluding carboxylic acids is 1. The lowest BCUT2D eigenvalue weighted by Gasteiger charge is -2.35. The minimum Gasteiger partial charge on any atom is -0.344 e. The van der Waals surface area contributed by atoms with Gasteiger partial charge in [0, 0.05) is 18.0 Å². The average Bonchev–Trinajstić information content (AvgIpc) is 2.67. The number of nitrogens with one attached hydrogen (secondary N) is 1. The van der Waals surface area contributed by atoms with E-state index in [1.807, 2.05) is 19.9 Å². The van der Waals surface area contributed by atoms with Gasteiger partial charge in [0.1, 0.15) is 5.69 Å². The number of aromatic nitrogens is 1. The van der Waals surface area contributed by atoms with Crippen LogP contribution in [-0.4, -0.2) is 16.0 Å². The highest BCUT2D eigenvalue weighted by Gasteiger charge is 2.43. The first-order chi connectivity index (χ1) is 9.79. The molecule has 6 heteroatoms. The second-order valence-corrected chi connectivity index (χ2v) is 6.60. The summed E-state index contributed by atoms with van der Waals surface area (Å²) in [7, 11) is 1.76. The Morgan fingerprint density at radius 3 is 2.67 bits per heavy atom. The fourth-order valence-electron chi connectivity index (χ4n) is 3.08. The molecule has 0 fully saturated rings. The summed E-state index contributed by atoms with van der Waals surface area (Å²) in [4.78, 5) is 12.4. The van der Waals surface area contributed by atoms with Gasteiger partial charge in [-0.15, -0.1) is 0 Å². The molecule has 1 aromatic heterocycles. The van der Waals surface area contributed by atoms with Crippen LogP contribution in [0.25, 0.3) is 10.9 Å². The predicted molar refractivity (Wildman–Crippen MR) is 82.8 cm³/mol. The molecule has 1 N–H and O–H groups in total. The molecule has 1 aliphatic rings. The van der Waals surface area contributed by atoms with Crippen LogP contribution in [0.15, 0.2) is 12.1 Å². The minimum absolute atomic E-state index is 0.201. The molecule has 1 aromatic carbocycles. The van der Waals surface area contributed by atoms with Gasteiger partial charge in [0.05, 0.1) is 33.1 Å². The van der Waals surface area contributed by atoms with Crippen LogP contribution in [0.2, 0.25) is 10.0 Å². The first kappa shape index (κ1) is 14.2. The molecule has 108 valence electrons. The van der Waals surface area contributed by atoms with Gasteiger partial charge in [0.2, 0.25) is 0 Å². The average molecular weight is 322 g/mol. The minimum atomic E-state index is -0.640. The van der Waals surface area contributed by atoms with Gasteiger partial charge in [-0.05, 0) is 19.9 Å². The lowest BCUT2D eigenvalue weighted by molar-refractivity contribution is 0.0880. The highest BCUT2D eigenvalue weighted by atomic mass is 35.5. The first-order valence-electron chi connectivity index (χ1n) is 6.48. The largest absolute Gasteiger partial charge is 0.344 e. The Hall–Kier alpha value is -1.70. The third-order valence-corrected chi connectivity index (χ3v) is 4.87. The highest BCUT2D eigenvalue weighted by Crippen LogP contribution is 2.43. The van der Waals surface area contributed by atoms with Crippen LogP contribution >= 0.6 is 23.2 Å². The van der Waals surface area contributed by atoms with Gasteiger partial charge in [-0.1, -0.05) is 29.3 Å². The van der Waals surface area contributed by atoms with E-state index in [0.29, 0.717) is 21.3 Å². The van der Waals surface area contributed by atoms with Crippen molar-refractivity contribution in [3.8, 4) is 6.07 Å². The lowest BCUT2D eigenvalue weighted by atomic mass is 9.78. The number of fused-ring (bicyclic) bond motifs is 3. The van der Waals surface area contributed by atoms with Gasteiger partial charge in [-0.3, -0.25) is 4.79 Å². The topological polar surface area (TPSA) is 57.8 Å². The number of rotatable bonds is 0. The number of aryl methyl sites for hydroxylation is 1. The number of nitrogens with zero attached hydrogens (tertiary/aromatic N) is 2. The third kappa shape index (κ3) is 1.78. The molecule has 0 radical (unpaired) electrons. The van der Waals surface area contributed by atoms with E-state index in [4.69, 9.17) is 23.2 Å². The Balaban J connectivity index is 2.50. The molecule has 4 nitrogen and oxygen atoms in total. The van der Waals surface area contributed by atoms with Gasteiger partial charge in [0.15, 0.2) is 0 Å². The van der Waals surface area contributed by atoms with Gasteiger partial charge in [-0.2, -0.15) is 5.26 Å². The maximum absolute atomic E-state index is 12.4. The fourth-order valence-corrected chi connectivity index (χ4v) is 3.53. The molecule has 1 unspecified atom stereocenters. The summed E-state index contributed by atoms with van der Waals surface area (Å²) < 4.78 is 1.72. The molecule has 0 spiro atoms. The van der Waals surface area contributed by atoms with Gasteiger partial charge < -0.3 is 9.88 Å².